The first-order valence-corrected chi connectivity index (χ1v) is 5.02. The summed E-state index contributed by atoms with van der Waals surface area (Å²) in [5.74, 6) is 0. The molecular weight excluding hydrogens is 200 g/mol. The predicted octanol–water partition coefficient (Wildman–Crippen LogP) is 2.20. The van der Waals surface area contributed by atoms with Crippen LogP contribution in [0.25, 0.3) is 0 Å². The van der Waals surface area contributed by atoms with Crippen LogP contribution in [0.15, 0.2) is 30.7 Å². The molecule has 0 aliphatic carbocycles. The van der Waals surface area contributed by atoms with E-state index in [1.807, 2.05) is 25.1 Å². The Bertz CT molecular complexity index is 508. The number of aromatic amines is 1. The van der Waals surface area contributed by atoms with Crippen LogP contribution in [0.4, 0.5) is 5.69 Å². The number of hydrogen-bond donors (Lipinski definition) is 2. The molecule has 80 valence electrons. The third kappa shape index (κ3) is 2.04. The van der Waals surface area contributed by atoms with Gasteiger partial charge in [0.05, 0.1) is 29.8 Å². The zero-order valence-corrected chi connectivity index (χ0v) is 8.99. The Balaban J connectivity index is 2.16. The molecule has 0 fully saturated rings. The lowest BCUT2D eigenvalue weighted by atomic mass is 10.1. The number of nitriles is 1. The molecule has 0 bridgehead atoms. The smallest absolute Gasteiger partial charge is 0.102 e. The lowest BCUT2D eigenvalue weighted by molar-refractivity contribution is 1.07. The van der Waals surface area contributed by atoms with Gasteiger partial charge in [0.25, 0.3) is 0 Å². The van der Waals surface area contributed by atoms with E-state index >= 15 is 0 Å². The predicted molar refractivity (Wildman–Crippen MR) is 61.8 cm³/mol. The van der Waals surface area contributed by atoms with Crippen LogP contribution in [0.2, 0.25) is 0 Å². The Morgan fingerprint density at radius 1 is 1.50 bits per heavy atom. The Labute approximate surface area is 94.0 Å². The molecule has 2 N–H and O–H groups in total. The van der Waals surface area contributed by atoms with Crippen molar-refractivity contribution in [1.29, 1.82) is 5.26 Å². The van der Waals surface area contributed by atoms with Gasteiger partial charge in [0, 0.05) is 6.20 Å². The number of rotatable bonds is 3. The van der Waals surface area contributed by atoms with Crippen molar-refractivity contribution in [3.8, 4) is 6.07 Å². The standard InChI is InChI=1S/C12H12N4/c1-9-3-2-4-12(11(9)5-13)15-7-10-6-14-8-16-10/h2-4,6,8,15H,7H2,1H3,(H,14,16). The van der Waals surface area contributed by atoms with Crippen molar-refractivity contribution in [2.45, 2.75) is 13.5 Å². The van der Waals surface area contributed by atoms with Crippen LogP contribution >= 0.6 is 0 Å². The maximum Gasteiger partial charge on any atom is 0.102 e. The highest BCUT2D eigenvalue weighted by Crippen LogP contribution is 2.18. The molecule has 1 aromatic heterocycles. The SMILES string of the molecule is Cc1cccc(NCc2cnc[nH]2)c1C#N. The van der Waals surface area contributed by atoms with E-state index in [4.69, 9.17) is 5.26 Å². The number of nitrogens with zero attached hydrogens (tertiary/aromatic N) is 2. The summed E-state index contributed by atoms with van der Waals surface area (Å²) in [4.78, 5) is 6.94. The minimum Gasteiger partial charge on any atom is -0.378 e. The van der Waals surface area contributed by atoms with Gasteiger partial charge in [-0.25, -0.2) is 4.98 Å². The molecule has 2 rings (SSSR count). The van der Waals surface area contributed by atoms with Crippen LogP contribution in [-0.2, 0) is 6.54 Å². The summed E-state index contributed by atoms with van der Waals surface area (Å²) < 4.78 is 0. The molecule has 0 atom stereocenters. The molecule has 0 aliphatic heterocycles. The molecule has 2 aromatic rings. The number of imidazole rings is 1. The van der Waals surface area contributed by atoms with Crippen LogP contribution in [0.1, 0.15) is 16.8 Å². The summed E-state index contributed by atoms with van der Waals surface area (Å²) in [5, 5.41) is 12.3. The van der Waals surface area contributed by atoms with Crippen LogP contribution in [0.3, 0.4) is 0 Å². The number of anilines is 1. The van der Waals surface area contributed by atoms with Gasteiger partial charge in [0.15, 0.2) is 0 Å². The van der Waals surface area contributed by atoms with Crippen LogP contribution in [-0.4, -0.2) is 9.97 Å². The molecule has 1 aromatic carbocycles. The van der Waals surface area contributed by atoms with E-state index in [1.165, 1.54) is 0 Å². The van der Waals surface area contributed by atoms with Crippen molar-refractivity contribution in [2.24, 2.45) is 0 Å². The van der Waals surface area contributed by atoms with Crippen molar-refractivity contribution in [1.82, 2.24) is 9.97 Å². The molecule has 0 aliphatic rings. The number of aromatic nitrogens is 2. The van der Waals surface area contributed by atoms with Crippen LogP contribution in [0.5, 0.6) is 0 Å². The van der Waals surface area contributed by atoms with Crippen LogP contribution < -0.4 is 5.32 Å². The van der Waals surface area contributed by atoms with E-state index in [9.17, 15) is 0 Å². The molecule has 4 heteroatoms. The number of hydrogen-bond acceptors (Lipinski definition) is 3. The minimum absolute atomic E-state index is 0.637. The molecule has 16 heavy (non-hydrogen) atoms. The topological polar surface area (TPSA) is 64.5 Å². The van der Waals surface area contributed by atoms with Gasteiger partial charge >= 0.3 is 0 Å². The Kier molecular flexibility index (Phi) is 2.88. The van der Waals surface area contributed by atoms with Gasteiger partial charge in [0.2, 0.25) is 0 Å². The first kappa shape index (κ1) is 10.2. The third-order valence-corrected chi connectivity index (χ3v) is 2.41. The monoisotopic (exact) mass is 212 g/mol. The van der Waals surface area contributed by atoms with Gasteiger partial charge in [-0.15, -0.1) is 0 Å². The van der Waals surface area contributed by atoms with E-state index in [-0.39, 0.29) is 0 Å². The van der Waals surface area contributed by atoms with E-state index < -0.39 is 0 Å². The molecular formula is C12H12N4. The van der Waals surface area contributed by atoms with E-state index in [0.717, 1.165) is 16.9 Å². The number of H-pyrrole nitrogens is 1. The highest BCUT2D eigenvalue weighted by Gasteiger charge is 2.04. The summed E-state index contributed by atoms with van der Waals surface area (Å²) in [6.07, 6.45) is 3.40. The van der Waals surface area contributed by atoms with Gasteiger partial charge in [-0.1, -0.05) is 12.1 Å². The molecule has 0 saturated heterocycles. The van der Waals surface area contributed by atoms with Gasteiger partial charge in [-0.2, -0.15) is 5.26 Å². The molecule has 0 unspecified atom stereocenters. The Morgan fingerprint density at radius 3 is 3.06 bits per heavy atom. The third-order valence-electron chi connectivity index (χ3n) is 2.41. The van der Waals surface area contributed by atoms with Gasteiger partial charge < -0.3 is 10.3 Å². The molecule has 0 saturated carbocycles. The summed E-state index contributed by atoms with van der Waals surface area (Å²) in [6, 6.07) is 7.98. The largest absolute Gasteiger partial charge is 0.378 e. The van der Waals surface area contributed by atoms with Crippen LogP contribution in [0, 0.1) is 18.3 Å². The van der Waals surface area contributed by atoms with E-state index in [0.29, 0.717) is 12.1 Å². The zero-order valence-electron chi connectivity index (χ0n) is 8.99. The Hall–Kier alpha value is -2.28. The van der Waals surface area contributed by atoms with Crippen molar-refractivity contribution >= 4 is 5.69 Å². The van der Waals surface area contributed by atoms with Gasteiger partial charge in [-0.05, 0) is 18.6 Å². The summed E-state index contributed by atoms with van der Waals surface area (Å²) in [7, 11) is 0. The second-order valence-electron chi connectivity index (χ2n) is 3.54. The van der Waals surface area contributed by atoms with Gasteiger partial charge in [-0.3, -0.25) is 0 Å². The van der Waals surface area contributed by atoms with Crippen molar-refractivity contribution in [3.05, 3.63) is 47.5 Å². The average Bonchev–Trinajstić information content (AvgIpc) is 2.79. The molecule has 0 spiro atoms. The van der Waals surface area contributed by atoms with E-state index in [1.54, 1.807) is 12.5 Å². The summed E-state index contributed by atoms with van der Waals surface area (Å²) in [6.45, 7) is 2.57. The number of benzene rings is 1. The second kappa shape index (κ2) is 4.49. The maximum absolute atomic E-state index is 9.05. The molecule has 0 radical (unpaired) electrons. The fourth-order valence-corrected chi connectivity index (χ4v) is 1.54. The zero-order chi connectivity index (χ0) is 11.4. The molecule has 1 heterocycles. The Morgan fingerprint density at radius 2 is 2.38 bits per heavy atom. The van der Waals surface area contributed by atoms with E-state index in [2.05, 4.69) is 21.4 Å². The normalized spacial score (nSPS) is 9.75. The number of aryl methyl sites for hydroxylation is 1. The minimum atomic E-state index is 0.637. The van der Waals surface area contributed by atoms with Crippen molar-refractivity contribution < 1.29 is 0 Å². The fraction of sp³-hybridized carbons (Fsp3) is 0.167. The highest BCUT2D eigenvalue weighted by molar-refractivity contribution is 5.60. The number of nitrogens with one attached hydrogen (secondary N) is 2. The first-order chi connectivity index (χ1) is 7.81. The quantitative estimate of drug-likeness (QED) is 0.819. The summed E-state index contributed by atoms with van der Waals surface area (Å²) >= 11 is 0. The molecule has 4 nitrogen and oxygen atoms in total. The second-order valence-corrected chi connectivity index (χ2v) is 3.54. The first-order valence-electron chi connectivity index (χ1n) is 5.02. The average molecular weight is 212 g/mol. The highest BCUT2D eigenvalue weighted by atomic mass is 14.9. The maximum atomic E-state index is 9.05. The van der Waals surface area contributed by atoms with Crippen molar-refractivity contribution in [3.63, 3.8) is 0 Å². The lowest BCUT2D eigenvalue weighted by Gasteiger charge is -2.08. The summed E-state index contributed by atoms with van der Waals surface area (Å²) in [5.41, 5.74) is 3.53. The fourth-order valence-electron chi connectivity index (χ4n) is 1.54. The molecule has 0 amide bonds. The van der Waals surface area contributed by atoms with Crippen molar-refractivity contribution in [2.75, 3.05) is 5.32 Å². The lowest BCUT2D eigenvalue weighted by Crippen LogP contribution is -2.02. The van der Waals surface area contributed by atoms with Gasteiger partial charge in [0.1, 0.15) is 6.07 Å².